The van der Waals surface area contributed by atoms with Gasteiger partial charge in [0, 0.05) is 31.0 Å². The van der Waals surface area contributed by atoms with Crippen molar-refractivity contribution in [3.63, 3.8) is 0 Å². The fourth-order valence-corrected chi connectivity index (χ4v) is 3.48. The van der Waals surface area contributed by atoms with Crippen LogP contribution in [0.25, 0.3) is 11.5 Å². The van der Waals surface area contributed by atoms with Crippen LogP contribution in [0.5, 0.6) is 0 Å². The van der Waals surface area contributed by atoms with E-state index >= 15 is 0 Å². The minimum atomic E-state index is -0.427. The number of benzene rings is 1. The number of hydrogen-bond acceptors (Lipinski definition) is 8. The molecule has 3 heterocycles. The molecule has 1 fully saturated rings. The van der Waals surface area contributed by atoms with E-state index in [0.717, 1.165) is 5.69 Å². The highest BCUT2D eigenvalue weighted by Gasteiger charge is 2.20. The van der Waals surface area contributed by atoms with Gasteiger partial charge in [0.25, 0.3) is 0 Å². The first-order valence-electron chi connectivity index (χ1n) is 11.2. The van der Waals surface area contributed by atoms with E-state index in [1.165, 1.54) is 12.1 Å². The minimum absolute atomic E-state index is 0.0719. The molecule has 2 N–H and O–H groups in total. The maximum absolute atomic E-state index is 14.3. The third-order valence-electron chi connectivity index (χ3n) is 5.26. The molecule has 1 amide bonds. The van der Waals surface area contributed by atoms with Gasteiger partial charge in [-0.3, -0.25) is 9.78 Å². The van der Waals surface area contributed by atoms with Gasteiger partial charge in [-0.2, -0.15) is 0 Å². The average Bonchev–Trinajstić information content (AvgIpc) is 3.29. The van der Waals surface area contributed by atoms with Gasteiger partial charge >= 0.3 is 11.8 Å². The van der Waals surface area contributed by atoms with Gasteiger partial charge in [-0.05, 0) is 36.6 Å². The molecule has 34 heavy (non-hydrogen) atoms. The summed E-state index contributed by atoms with van der Waals surface area (Å²) in [6.45, 7) is 11.0. The van der Waals surface area contributed by atoms with Crippen LogP contribution >= 0.6 is 0 Å². The number of amides is 1. The zero-order chi connectivity index (χ0) is 24.3. The summed E-state index contributed by atoms with van der Waals surface area (Å²) in [7, 11) is 0. The molecule has 9 nitrogen and oxygen atoms in total. The van der Waals surface area contributed by atoms with Crippen molar-refractivity contribution in [1.29, 1.82) is 0 Å². The lowest BCUT2D eigenvalue weighted by Crippen LogP contribution is -2.36. The highest BCUT2D eigenvalue weighted by Crippen LogP contribution is 2.28. The van der Waals surface area contributed by atoms with E-state index < -0.39 is 5.91 Å². The van der Waals surface area contributed by atoms with Crippen LogP contribution in [0.4, 0.5) is 21.5 Å². The summed E-state index contributed by atoms with van der Waals surface area (Å²) in [5, 5.41) is 13.9. The molecule has 0 aliphatic carbocycles. The number of ether oxygens (including phenoxy) is 1. The van der Waals surface area contributed by atoms with Crippen molar-refractivity contribution in [2.24, 2.45) is 5.41 Å². The van der Waals surface area contributed by atoms with E-state index in [1.54, 1.807) is 19.2 Å². The highest BCUT2D eigenvalue weighted by molar-refractivity contribution is 5.89. The van der Waals surface area contributed by atoms with E-state index in [2.05, 4.69) is 30.7 Å². The molecule has 1 aliphatic heterocycles. The Kier molecular flexibility index (Phi) is 6.78. The third-order valence-corrected chi connectivity index (χ3v) is 5.26. The molecule has 1 aliphatic rings. The maximum Gasteiger partial charge on any atom is 0.308 e. The van der Waals surface area contributed by atoms with Crippen LogP contribution in [0.3, 0.4) is 0 Å². The van der Waals surface area contributed by atoms with E-state index in [4.69, 9.17) is 9.15 Å². The Morgan fingerprint density at radius 3 is 2.62 bits per heavy atom. The molecule has 10 heteroatoms. The lowest BCUT2D eigenvalue weighted by Gasteiger charge is -2.29. The minimum Gasteiger partial charge on any atom is -0.412 e. The Bertz CT molecular complexity index is 1170. The number of nitrogens with zero attached hydrogens (tertiary/aromatic N) is 4. The van der Waals surface area contributed by atoms with Crippen molar-refractivity contribution in [2.75, 3.05) is 43.1 Å². The Balaban J connectivity index is 1.53. The molecule has 0 bridgehead atoms. The SMILES string of the molecule is Cc1ncc(Nc2cc(F)cc(N3CCOCC3)c2)cc1-c1nnc(C(=O)NCC(C)(C)C)o1. The molecular weight excluding hydrogens is 439 g/mol. The molecule has 0 atom stereocenters. The second-order valence-corrected chi connectivity index (χ2v) is 9.44. The van der Waals surface area contributed by atoms with Gasteiger partial charge in [0.15, 0.2) is 0 Å². The van der Waals surface area contributed by atoms with E-state index in [9.17, 15) is 9.18 Å². The molecule has 180 valence electrons. The standard InChI is InChI=1S/C24H29FN6O3/c1-15-20(22-29-30-23(34-22)21(32)27-14-24(2,3)4)12-18(13-26-15)28-17-9-16(25)10-19(11-17)31-5-7-33-8-6-31/h9-13,28H,5-8,14H2,1-4H3,(H,27,32). The molecule has 4 rings (SSSR count). The van der Waals surface area contributed by atoms with Crippen LogP contribution < -0.4 is 15.5 Å². The molecule has 2 aromatic heterocycles. The van der Waals surface area contributed by atoms with Crippen LogP contribution in [-0.4, -0.2) is 53.9 Å². The Morgan fingerprint density at radius 2 is 1.88 bits per heavy atom. The quantitative estimate of drug-likeness (QED) is 0.561. The third kappa shape index (κ3) is 5.88. The molecule has 1 aromatic carbocycles. The molecule has 1 saturated heterocycles. The number of carbonyl (C=O) groups excluding carboxylic acids is 1. The average molecular weight is 469 g/mol. The summed E-state index contributed by atoms with van der Waals surface area (Å²) in [5.74, 6) is -0.696. The smallest absolute Gasteiger partial charge is 0.308 e. The van der Waals surface area contributed by atoms with Gasteiger partial charge in [0.1, 0.15) is 5.82 Å². The fraction of sp³-hybridized carbons (Fsp3) is 0.417. The first-order chi connectivity index (χ1) is 16.2. The van der Waals surface area contributed by atoms with Crippen molar-refractivity contribution in [3.05, 3.63) is 47.9 Å². The van der Waals surface area contributed by atoms with Gasteiger partial charge in [0.2, 0.25) is 5.89 Å². The summed E-state index contributed by atoms with van der Waals surface area (Å²) in [4.78, 5) is 18.8. The topological polar surface area (TPSA) is 105 Å². The Morgan fingerprint density at radius 1 is 1.12 bits per heavy atom. The van der Waals surface area contributed by atoms with Crippen LogP contribution in [-0.2, 0) is 4.74 Å². The number of aromatic nitrogens is 3. The van der Waals surface area contributed by atoms with E-state index in [-0.39, 0.29) is 23.0 Å². The first-order valence-corrected chi connectivity index (χ1v) is 11.2. The Hall–Kier alpha value is -3.53. The molecule has 0 spiro atoms. The zero-order valence-corrected chi connectivity index (χ0v) is 19.8. The lowest BCUT2D eigenvalue weighted by atomic mass is 9.97. The van der Waals surface area contributed by atoms with Gasteiger partial charge in [-0.25, -0.2) is 4.39 Å². The normalized spacial score (nSPS) is 14.2. The Labute approximate surface area is 197 Å². The van der Waals surface area contributed by atoms with Crippen LogP contribution in [0, 0.1) is 18.2 Å². The van der Waals surface area contributed by atoms with Gasteiger partial charge < -0.3 is 24.7 Å². The second kappa shape index (κ2) is 9.76. The molecule has 3 aromatic rings. The molecule has 0 saturated carbocycles. The fourth-order valence-electron chi connectivity index (χ4n) is 3.48. The summed E-state index contributed by atoms with van der Waals surface area (Å²) >= 11 is 0. The van der Waals surface area contributed by atoms with Crippen LogP contribution in [0.1, 0.15) is 37.2 Å². The second-order valence-electron chi connectivity index (χ2n) is 9.44. The number of anilines is 3. The van der Waals surface area contributed by atoms with Crippen LogP contribution in [0.2, 0.25) is 0 Å². The van der Waals surface area contributed by atoms with Gasteiger partial charge in [0.05, 0.1) is 36.4 Å². The summed E-state index contributed by atoms with van der Waals surface area (Å²) in [6.07, 6.45) is 1.64. The number of pyridine rings is 1. The summed E-state index contributed by atoms with van der Waals surface area (Å²) < 4.78 is 25.3. The number of rotatable bonds is 6. The first kappa shape index (κ1) is 23.6. The number of hydrogen-bond donors (Lipinski definition) is 2. The van der Waals surface area contributed by atoms with Crippen molar-refractivity contribution in [2.45, 2.75) is 27.7 Å². The zero-order valence-electron chi connectivity index (χ0n) is 19.8. The maximum atomic E-state index is 14.3. The molecular formula is C24H29FN6O3. The predicted molar refractivity (Wildman–Crippen MR) is 127 cm³/mol. The number of carbonyl (C=O) groups is 1. The number of aryl methyl sites for hydroxylation is 1. The van der Waals surface area contributed by atoms with Gasteiger partial charge in [-0.15, -0.1) is 10.2 Å². The lowest BCUT2D eigenvalue weighted by molar-refractivity contribution is 0.0905. The van der Waals surface area contributed by atoms with E-state index in [0.29, 0.717) is 55.5 Å². The monoisotopic (exact) mass is 468 g/mol. The molecule has 0 radical (unpaired) electrons. The molecule has 0 unspecified atom stereocenters. The van der Waals surface area contributed by atoms with Gasteiger partial charge in [-0.1, -0.05) is 20.8 Å². The van der Waals surface area contributed by atoms with Crippen molar-refractivity contribution in [1.82, 2.24) is 20.5 Å². The highest BCUT2D eigenvalue weighted by atomic mass is 19.1. The predicted octanol–water partition coefficient (Wildman–Crippen LogP) is 3.94. The van der Waals surface area contributed by atoms with Crippen LogP contribution in [0.15, 0.2) is 34.9 Å². The summed E-state index contributed by atoms with van der Waals surface area (Å²) in [5.41, 5.74) is 3.16. The number of morpholine rings is 1. The van der Waals surface area contributed by atoms with Crippen molar-refractivity contribution >= 4 is 23.0 Å². The number of nitrogens with one attached hydrogen (secondary N) is 2. The largest absolute Gasteiger partial charge is 0.412 e. The number of halogens is 1. The van der Waals surface area contributed by atoms with Crippen molar-refractivity contribution in [3.8, 4) is 11.5 Å². The van der Waals surface area contributed by atoms with Crippen molar-refractivity contribution < 1.29 is 18.3 Å². The summed E-state index contributed by atoms with van der Waals surface area (Å²) in [6, 6.07) is 6.61. The van der Waals surface area contributed by atoms with E-state index in [1.807, 2.05) is 26.8 Å².